The standard InChI is InChI=1S/C22H25F3N8O/c1-12(23)9-32-18-8-13(4-5-17(18)28-30-32)19-15(25)11-33-20(19)21(34-3)27-22(29-33)26-16-6-7-31(2)10-14(16)24/h4-5,8,11-12,14,16H,6-7,9-10H2,1-3H3,(H,26,29)/t12-,14+,16-/m0/s1. The number of halogens is 3. The van der Waals surface area contributed by atoms with Crippen LogP contribution in [0.4, 0.5) is 19.1 Å². The van der Waals surface area contributed by atoms with Gasteiger partial charge in [0.2, 0.25) is 11.8 Å². The zero-order valence-electron chi connectivity index (χ0n) is 19.0. The van der Waals surface area contributed by atoms with E-state index in [1.54, 1.807) is 18.2 Å². The zero-order chi connectivity index (χ0) is 24.0. The molecule has 5 rings (SSSR count). The van der Waals surface area contributed by atoms with Gasteiger partial charge in [0, 0.05) is 13.1 Å². The van der Waals surface area contributed by atoms with Crippen LogP contribution >= 0.6 is 0 Å². The molecule has 3 atom stereocenters. The van der Waals surface area contributed by atoms with Gasteiger partial charge in [-0.05, 0) is 38.1 Å². The van der Waals surface area contributed by atoms with Gasteiger partial charge >= 0.3 is 0 Å². The first-order valence-electron chi connectivity index (χ1n) is 11.0. The molecule has 180 valence electrons. The zero-order valence-corrected chi connectivity index (χ0v) is 19.0. The fourth-order valence-corrected chi connectivity index (χ4v) is 4.38. The van der Waals surface area contributed by atoms with Gasteiger partial charge in [0.15, 0.2) is 5.82 Å². The van der Waals surface area contributed by atoms with Crippen molar-refractivity contribution in [2.45, 2.75) is 38.3 Å². The van der Waals surface area contributed by atoms with E-state index in [1.165, 1.54) is 29.4 Å². The number of piperidine rings is 1. The quantitative estimate of drug-likeness (QED) is 0.460. The number of aromatic nitrogens is 6. The largest absolute Gasteiger partial charge is 0.479 e. The first-order valence-corrected chi connectivity index (χ1v) is 11.0. The summed E-state index contributed by atoms with van der Waals surface area (Å²) in [5.41, 5.74) is 2.22. The second-order valence-corrected chi connectivity index (χ2v) is 8.66. The van der Waals surface area contributed by atoms with Crippen LogP contribution in [0.5, 0.6) is 5.88 Å². The highest BCUT2D eigenvalue weighted by Crippen LogP contribution is 2.35. The van der Waals surface area contributed by atoms with Crippen molar-refractivity contribution in [1.82, 2.24) is 34.5 Å². The molecule has 0 unspecified atom stereocenters. The number of alkyl halides is 2. The van der Waals surface area contributed by atoms with Crippen molar-refractivity contribution in [3.63, 3.8) is 0 Å². The summed E-state index contributed by atoms with van der Waals surface area (Å²) in [5, 5.41) is 15.4. The molecule has 1 N–H and O–H groups in total. The average molecular weight is 474 g/mol. The van der Waals surface area contributed by atoms with Crippen molar-refractivity contribution in [3.8, 4) is 17.0 Å². The number of rotatable bonds is 6. The van der Waals surface area contributed by atoms with E-state index in [1.807, 2.05) is 11.9 Å². The predicted octanol–water partition coefficient (Wildman–Crippen LogP) is 3.10. The Kier molecular flexibility index (Phi) is 5.76. The molecule has 34 heavy (non-hydrogen) atoms. The number of fused-ring (bicyclic) bond motifs is 2. The smallest absolute Gasteiger partial charge is 0.244 e. The summed E-state index contributed by atoms with van der Waals surface area (Å²) in [6.45, 7) is 2.53. The maximum atomic E-state index is 15.2. The van der Waals surface area contributed by atoms with E-state index in [0.717, 1.165) is 6.54 Å². The van der Waals surface area contributed by atoms with E-state index in [0.29, 0.717) is 35.1 Å². The Morgan fingerprint density at radius 3 is 2.88 bits per heavy atom. The van der Waals surface area contributed by atoms with Gasteiger partial charge in [0.05, 0.1) is 37.0 Å². The third-order valence-corrected chi connectivity index (χ3v) is 6.03. The van der Waals surface area contributed by atoms with Crippen LogP contribution in [-0.2, 0) is 6.54 Å². The molecular formula is C22H25F3N8O. The number of nitrogens with zero attached hydrogens (tertiary/aromatic N) is 7. The Hall–Kier alpha value is -3.41. The molecule has 12 heteroatoms. The highest BCUT2D eigenvalue weighted by Gasteiger charge is 2.29. The second kappa shape index (κ2) is 8.75. The number of nitrogens with one attached hydrogen (secondary N) is 1. The highest BCUT2D eigenvalue weighted by molar-refractivity contribution is 5.89. The predicted molar refractivity (Wildman–Crippen MR) is 121 cm³/mol. The second-order valence-electron chi connectivity index (χ2n) is 8.66. The van der Waals surface area contributed by atoms with Crippen LogP contribution in [0, 0.1) is 5.82 Å². The summed E-state index contributed by atoms with van der Waals surface area (Å²) in [7, 11) is 3.30. The van der Waals surface area contributed by atoms with Gasteiger partial charge in [-0.1, -0.05) is 11.3 Å². The van der Waals surface area contributed by atoms with Crippen molar-refractivity contribution in [1.29, 1.82) is 0 Å². The number of anilines is 1. The van der Waals surface area contributed by atoms with Crippen LogP contribution in [-0.4, -0.2) is 80.1 Å². The van der Waals surface area contributed by atoms with E-state index >= 15 is 4.39 Å². The number of likely N-dealkylation sites (tertiary alicyclic amines) is 1. The Labute approximate surface area is 193 Å². The molecule has 0 radical (unpaired) electrons. The van der Waals surface area contributed by atoms with E-state index < -0.39 is 24.2 Å². The molecule has 1 aliphatic heterocycles. The molecule has 0 aliphatic carbocycles. The molecule has 0 bridgehead atoms. The number of methoxy groups -OCH3 is 1. The maximum absolute atomic E-state index is 15.2. The van der Waals surface area contributed by atoms with Crippen LogP contribution in [0.2, 0.25) is 0 Å². The first kappa shape index (κ1) is 22.4. The van der Waals surface area contributed by atoms with E-state index in [9.17, 15) is 8.78 Å². The highest BCUT2D eigenvalue weighted by atomic mass is 19.1. The van der Waals surface area contributed by atoms with Crippen molar-refractivity contribution in [2.75, 3.05) is 32.6 Å². The van der Waals surface area contributed by atoms with E-state index in [2.05, 4.69) is 25.7 Å². The maximum Gasteiger partial charge on any atom is 0.244 e. The Bertz CT molecular complexity index is 1340. The molecule has 1 fully saturated rings. The molecule has 0 amide bonds. The molecule has 9 nitrogen and oxygen atoms in total. The monoisotopic (exact) mass is 474 g/mol. The van der Waals surface area contributed by atoms with Crippen molar-refractivity contribution in [2.24, 2.45) is 0 Å². The van der Waals surface area contributed by atoms with Gasteiger partial charge in [-0.25, -0.2) is 22.4 Å². The van der Waals surface area contributed by atoms with Crippen LogP contribution in [0.15, 0.2) is 24.4 Å². The third-order valence-electron chi connectivity index (χ3n) is 6.03. The summed E-state index contributed by atoms with van der Waals surface area (Å²) in [4.78, 5) is 6.31. The summed E-state index contributed by atoms with van der Waals surface area (Å²) < 4.78 is 51.5. The summed E-state index contributed by atoms with van der Waals surface area (Å²) in [6.07, 6.45) is -0.386. The topological polar surface area (TPSA) is 85.4 Å². The molecule has 1 saturated heterocycles. The van der Waals surface area contributed by atoms with Gasteiger partial charge in [-0.3, -0.25) is 0 Å². The lowest BCUT2D eigenvalue weighted by molar-refractivity contribution is 0.149. The minimum atomic E-state index is -1.12. The molecule has 4 heterocycles. The van der Waals surface area contributed by atoms with Crippen LogP contribution < -0.4 is 10.1 Å². The van der Waals surface area contributed by atoms with E-state index in [4.69, 9.17) is 4.74 Å². The van der Waals surface area contributed by atoms with Gasteiger partial charge in [-0.15, -0.1) is 10.2 Å². The molecule has 1 aromatic carbocycles. The fraction of sp³-hybridized carbons (Fsp3) is 0.455. The lowest BCUT2D eigenvalue weighted by Crippen LogP contribution is -2.46. The molecule has 0 spiro atoms. The Balaban J connectivity index is 1.56. The van der Waals surface area contributed by atoms with Gasteiger partial charge in [0.1, 0.15) is 23.4 Å². The molecule has 3 aromatic heterocycles. The lowest BCUT2D eigenvalue weighted by atomic mass is 10.0. The summed E-state index contributed by atoms with van der Waals surface area (Å²) >= 11 is 0. The lowest BCUT2D eigenvalue weighted by Gasteiger charge is -2.32. The minimum Gasteiger partial charge on any atom is -0.479 e. The first-order chi connectivity index (χ1) is 16.3. The SMILES string of the molecule is COc1nc(N[C@H]2CCN(C)C[C@H]2F)nn2cc(F)c(-c3ccc4nnn(C[C@H](C)F)c4c3)c12. The number of hydrogen-bond donors (Lipinski definition) is 1. The number of benzene rings is 1. The summed E-state index contributed by atoms with van der Waals surface area (Å²) in [6, 6.07) is 4.65. The molecule has 0 saturated carbocycles. The van der Waals surface area contributed by atoms with Crippen LogP contribution in [0.3, 0.4) is 0 Å². The summed E-state index contributed by atoms with van der Waals surface area (Å²) in [5.74, 6) is -0.244. The van der Waals surface area contributed by atoms with Crippen molar-refractivity contribution >= 4 is 22.5 Å². The molecule has 1 aliphatic rings. The van der Waals surface area contributed by atoms with Crippen LogP contribution in [0.25, 0.3) is 27.7 Å². The van der Waals surface area contributed by atoms with Crippen molar-refractivity contribution < 1.29 is 17.9 Å². The molecule has 4 aromatic rings. The molecular weight excluding hydrogens is 449 g/mol. The fourth-order valence-electron chi connectivity index (χ4n) is 4.38. The normalized spacial score (nSPS) is 20.2. The Morgan fingerprint density at radius 2 is 2.15 bits per heavy atom. The average Bonchev–Trinajstić information content (AvgIpc) is 3.34. The third kappa shape index (κ3) is 4.02. The van der Waals surface area contributed by atoms with Gasteiger partial charge < -0.3 is 15.0 Å². The Morgan fingerprint density at radius 1 is 1.32 bits per heavy atom. The minimum absolute atomic E-state index is 0.0347. The van der Waals surface area contributed by atoms with Crippen molar-refractivity contribution in [3.05, 3.63) is 30.2 Å². The van der Waals surface area contributed by atoms with Crippen LogP contribution in [0.1, 0.15) is 13.3 Å². The number of ether oxygens (including phenoxy) is 1. The van der Waals surface area contributed by atoms with E-state index in [-0.39, 0.29) is 23.9 Å². The van der Waals surface area contributed by atoms with Gasteiger partial charge in [0.25, 0.3) is 0 Å². The number of hydrogen-bond acceptors (Lipinski definition) is 7. The van der Waals surface area contributed by atoms with Gasteiger partial charge in [-0.2, -0.15) is 4.98 Å².